The Balaban J connectivity index is -0.000000136. The zero-order valence-electron chi connectivity index (χ0n) is 17.2. The van der Waals surface area contributed by atoms with Gasteiger partial charge in [-0.2, -0.15) is 0 Å². The molecule has 0 atom stereocenters. The third-order valence-electron chi connectivity index (χ3n) is 2.94. The van der Waals surface area contributed by atoms with Crippen LogP contribution in [0.4, 0.5) is 25.2 Å². The standard InChI is InChI=1S/C13H32N4.F6P.N2.H2O.Ru/c1-14(2)10-12-16(5)8-7-9-17(6)13-11-15(3)4;1-7(2,3,4,5)6;1-2;;/h7-13H2,1-6H3;;;1H2;/q;-1;;;+1. The number of likely N-dealkylation sites (N-methyl/N-ethyl adjacent to an activating group) is 4. The average Bonchev–Trinajstić information content (AvgIpc) is 2.41. The van der Waals surface area contributed by atoms with Crippen molar-refractivity contribution in [1.29, 1.82) is 10.8 Å². The van der Waals surface area contributed by atoms with Gasteiger partial charge in [0.2, 0.25) is 0 Å². The summed E-state index contributed by atoms with van der Waals surface area (Å²) in [6.45, 7) is 7.00. The van der Waals surface area contributed by atoms with E-state index in [9.17, 15) is 25.2 Å². The Morgan fingerprint density at radius 1 is 0.571 bits per heavy atom. The Labute approximate surface area is 176 Å². The van der Waals surface area contributed by atoms with Crippen LogP contribution in [0.25, 0.3) is 0 Å². The average molecular weight is 536 g/mol. The Hall–Kier alpha value is -0.147. The molecule has 0 heterocycles. The van der Waals surface area contributed by atoms with Crippen LogP contribution in [-0.2, 0) is 19.5 Å². The summed E-state index contributed by atoms with van der Waals surface area (Å²) >= 11 is 0. The van der Waals surface area contributed by atoms with Crippen LogP contribution in [0.15, 0.2) is 0 Å². The van der Waals surface area contributed by atoms with Crippen molar-refractivity contribution in [3.8, 4) is 0 Å². The molecule has 15 heteroatoms. The van der Waals surface area contributed by atoms with E-state index in [4.69, 9.17) is 10.8 Å². The largest absolute Gasteiger partial charge is 1.00 e. The maximum atomic E-state index is 9.87. The Morgan fingerprint density at radius 2 is 0.786 bits per heavy atom. The molecule has 0 aliphatic carbocycles. The summed E-state index contributed by atoms with van der Waals surface area (Å²) < 4.78 is 59.2. The fourth-order valence-corrected chi connectivity index (χ4v) is 1.58. The molecule has 0 fully saturated rings. The molecule has 0 spiro atoms. The van der Waals surface area contributed by atoms with Gasteiger partial charge in [-0.15, -0.1) is 0 Å². The Morgan fingerprint density at radius 3 is 0.964 bits per heavy atom. The van der Waals surface area contributed by atoms with E-state index in [-0.39, 0.29) is 25.0 Å². The fraction of sp³-hybridized carbons (Fsp3) is 1.00. The minimum Gasteiger partial charge on any atom is -0.412 e. The molecule has 0 aliphatic heterocycles. The van der Waals surface area contributed by atoms with Gasteiger partial charge in [-0.05, 0) is 61.8 Å². The molecule has 0 amide bonds. The van der Waals surface area contributed by atoms with E-state index in [0.29, 0.717) is 0 Å². The second kappa shape index (κ2) is 15.7. The van der Waals surface area contributed by atoms with E-state index < -0.39 is 7.81 Å². The molecule has 177 valence electrons. The van der Waals surface area contributed by atoms with Gasteiger partial charge in [0.25, 0.3) is 0 Å². The SMILES string of the molecule is CN(C)CCN(C)CCCN(C)CCN(C)C.F[P-](F)(F)(F)(F)F.N#N.O.[Ru+]. The van der Waals surface area contributed by atoms with Gasteiger partial charge >= 0.3 is 52.5 Å². The van der Waals surface area contributed by atoms with Crippen LogP contribution < -0.4 is 0 Å². The van der Waals surface area contributed by atoms with Crippen molar-refractivity contribution in [3.05, 3.63) is 0 Å². The summed E-state index contributed by atoms with van der Waals surface area (Å²) in [6.07, 6.45) is 1.26. The summed E-state index contributed by atoms with van der Waals surface area (Å²) in [5.74, 6) is 0. The number of rotatable bonds is 10. The van der Waals surface area contributed by atoms with Crippen molar-refractivity contribution < 1.29 is 50.1 Å². The van der Waals surface area contributed by atoms with Crippen LogP contribution >= 0.6 is 7.81 Å². The second-order valence-corrected chi connectivity index (χ2v) is 8.44. The molecular formula is C13H34F6N6OPRu. The normalized spacial score (nSPS) is 13.4. The number of hydrogen-bond acceptors (Lipinski definition) is 6. The predicted molar refractivity (Wildman–Crippen MR) is 97.4 cm³/mol. The number of halogens is 6. The van der Waals surface area contributed by atoms with E-state index in [2.05, 4.69) is 61.9 Å². The van der Waals surface area contributed by atoms with Crippen LogP contribution in [0, 0.1) is 10.8 Å². The third-order valence-corrected chi connectivity index (χ3v) is 2.94. The van der Waals surface area contributed by atoms with Crippen LogP contribution in [0.1, 0.15) is 6.42 Å². The van der Waals surface area contributed by atoms with Crippen molar-refractivity contribution in [2.24, 2.45) is 0 Å². The van der Waals surface area contributed by atoms with Crippen molar-refractivity contribution in [1.82, 2.24) is 19.6 Å². The first-order valence-corrected chi connectivity index (χ1v) is 9.82. The maximum Gasteiger partial charge on any atom is 1.00 e. The quantitative estimate of drug-likeness (QED) is 0.185. The number of nitrogens with zero attached hydrogens (tertiary/aromatic N) is 6. The van der Waals surface area contributed by atoms with Crippen LogP contribution in [-0.4, -0.2) is 107 Å². The molecule has 7 nitrogen and oxygen atoms in total. The zero-order chi connectivity index (χ0) is 21.7. The van der Waals surface area contributed by atoms with Gasteiger partial charge in [-0.25, -0.2) is 0 Å². The summed E-state index contributed by atoms with van der Waals surface area (Å²) in [5.41, 5.74) is 0. The smallest absolute Gasteiger partial charge is 0.412 e. The van der Waals surface area contributed by atoms with Crippen LogP contribution in [0.5, 0.6) is 0 Å². The van der Waals surface area contributed by atoms with E-state index >= 15 is 0 Å². The van der Waals surface area contributed by atoms with Gasteiger partial charge in [-0.1, -0.05) is 0 Å². The first-order valence-electron chi connectivity index (χ1n) is 7.79. The van der Waals surface area contributed by atoms with Crippen LogP contribution in [0.2, 0.25) is 0 Å². The summed E-state index contributed by atoms with van der Waals surface area (Å²) in [4.78, 5) is 9.30. The molecule has 0 aromatic heterocycles. The first-order chi connectivity index (χ1) is 11.4. The molecule has 0 bridgehead atoms. The van der Waals surface area contributed by atoms with Gasteiger partial charge in [0, 0.05) is 37.0 Å². The number of hydrogen-bond donors (Lipinski definition) is 0. The maximum absolute atomic E-state index is 10.7. The molecule has 28 heavy (non-hydrogen) atoms. The Bertz CT molecular complexity index is 356. The summed E-state index contributed by atoms with van der Waals surface area (Å²) in [7, 11) is 2.28. The molecule has 0 saturated heterocycles. The minimum atomic E-state index is -10.7. The molecule has 0 saturated carbocycles. The molecule has 0 aromatic carbocycles. The molecule has 0 aromatic rings. The molecule has 1 radical (unpaired) electrons. The van der Waals surface area contributed by atoms with Crippen molar-refractivity contribution >= 4 is 7.81 Å². The molecule has 2 N–H and O–H groups in total. The first kappa shape index (κ1) is 38.5. The minimum absolute atomic E-state index is 0. The van der Waals surface area contributed by atoms with E-state index in [1.807, 2.05) is 0 Å². The van der Waals surface area contributed by atoms with Gasteiger partial charge in [0.05, 0.1) is 0 Å². The fourth-order valence-electron chi connectivity index (χ4n) is 1.58. The van der Waals surface area contributed by atoms with E-state index in [1.165, 1.54) is 19.5 Å². The van der Waals surface area contributed by atoms with E-state index in [1.54, 1.807) is 0 Å². The van der Waals surface area contributed by atoms with Crippen molar-refractivity contribution in [3.63, 3.8) is 0 Å². The molecule has 0 aliphatic rings. The van der Waals surface area contributed by atoms with Crippen molar-refractivity contribution in [2.75, 3.05) is 81.6 Å². The zero-order valence-corrected chi connectivity index (χ0v) is 19.8. The monoisotopic (exact) mass is 537 g/mol. The van der Waals surface area contributed by atoms with Gasteiger partial charge in [0.15, 0.2) is 0 Å². The second-order valence-electron chi connectivity index (χ2n) is 6.52. The predicted octanol–water partition coefficient (Wildman–Crippen LogP) is 2.95. The molecule has 0 rings (SSSR count). The Kier molecular flexibility index (Phi) is 21.5. The van der Waals surface area contributed by atoms with Gasteiger partial charge < -0.3 is 25.1 Å². The molecular weight excluding hydrogens is 502 g/mol. The molecule has 0 unspecified atom stereocenters. The van der Waals surface area contributed by atoms with E-state index in [0.717, 1.165) is 26.2 Å². The van der Waals surface area contributed by atoms with Gasteiger partial charge in [-0.3, -0.25) is 0 Å². The third kappa shape index (κ3) is 63.5. The van der Waals surface area contributed by atoms with Crippen molar-refractivity contribution in [2.45, 2.75) is 6.42 Å². The topological polar surface area (TPSA) is 92.0 Å². The summed E-state index contributed by atoms with van der Waals surface area (Å²) in [5, 5.41) is 12.0. The summed E-state index contributed by atoms with van der Waals surface area (Å²) in [6, 6.07) is 0. The van der Waals surface area contributed by atoms with Crippen LogP contribution in [0.3, 0.4) is 0 Å². The van der Waals surface area contributed by atoms with Gasteiger partial charge in [0.1, 0.15) is 0 Å².